The Morgan fingerprint density at radius 2 is 1.95 bits per heavy atom. The summed E-state index contributed by atoms with van der Waals surface area (Å²) in [5.74, 6) is 0.634. The predicted molar refractivity (Wildman–Crippen MR) is 80.0 cm³/mol. The van der Waals surface area contributed by atoms with E-state index in [9.17, 15) is 0 Å². The van der Waals surface area contributed by atoms with Crippen LogP contribution in [0.2, 0.25) is 0 Å². The van der Waals surface area contributed by atoms with Crippen LogP contribution in [0.1, 0.15) is 46.5 Å². The molecule has 2 aliphatic heterocycles. The highest BCUT2D eigenvalue weighted by atomic mass is 16.5. The quantitative estimate of drug-likeness (QED) is 0.861. The summed E-state index contributed by atoms with van der Waals surface area (Å²) in [7, 11) is 2.04. The van der Waals surface area contributed by atoms with Crippen LogP contribution < -0.4 is 5.32 Å². The lowest BCUT2D eigenvalue weighted by atomic mass is 9.78. The highest BCUT2D eigenvalue weighted by molar-refractivity contribution is 4.92. The zero-order valence-corrected chi connectivity index (χ0v) is 13.5. The molecule has 2 unspecified atom stereocenters. The van der Waals surface area contributed by atoms with Crippen LogP contribution in [0.3, 0.4) is 0 Å². The largest absolute Gasteiger partial charge is 0.381 e. The van der Waals surface area contributed by atoms with E-state index >= 15 is 0 Å². The van der Waals surface area contributed by atoms with E-state index in [0.29, 0.717) is 12.0 Å². The minimum Gasteiger partial charge on any atom is -0.381 e. The van der Waals surface area contributed by atoms with Gasteiger partial charge in [0.15, 0.2) is 0 Å². The normalized spacial score (nSPS) is 28.5. The van der Waals surface area contributed by atoms with Gasteiger partial charge < -0.3 is 19.5 Å². The zero-order chi connectivity index (χ0) is 14.6. The van der Waals surface area contributed by atoms with Gasteiger partial charge in [0.1, 0.15) is 0 Å². The number of hydrogen-bond donors (Lipinski definition) is 1. The second kappa shape index (κ2) is 6.73. The maximum atomic E-state index is 6.13. The van der Waals surface area contributed by atoms with E-state index in [1.807, 2.05) is 7.05 Å². The van der Waals surface area contributed by atoms with Crippen molar-refractivity contribution in [2.45, 2.75) is 63.7 Å². The first-order valence-corrected chi connectivity index (χ1v) is 7.97. The molecule has 0 aliphatic carbocycles. The van der Waals surface area contributed by atoms with Gasteiger partial charge in [-0.2, -0.15) is 0 Å². The van der Waals surface area contributed by atoms with E-state index in [2.05, 4.69) is 26.1 Å². The molecular weight excluding hydrogens is 254 g/mol. The molecule has 0 amide bonds. The van der Waals surface area contributed by atoms with Crippen molar-refractivity contribution < 1.29 is 14.2 Å². The lowest BCUT2D eigenvalue weighted by Gasteiger charge is -2.45. The van der Waals surface area contributed by atoms with Gasteiger partial charge >= 0.3 is 0 Å². The van der Waals surface area contributed by atoms with E-state index in [0.717, 1.165) is 52.1 Å². The summed E-state index contributed by atoms with van der Waals surface area (Å²) >= 11 is 0. The van der Waals surface area contributed by atoms with Crippen LogP contribution in [0, 0.1) is 5.92 Å². The maximum absolute atomic E-state index is 6.13. The minimum absolute atomic E-state index is 0.0675. The Labute approximate surface area is 123 Å². The Balaban J connectivity index is 1.92. The fourth-order valence-corrected chi connectivity index (χ4v) is 3.30. The van der Waals surface area contributed by atoms with Crippen LogP contribution in [0.5, 0.6) is 0 Å². The average Bonchev–Trinajstić information content (AvgIpc) is 2.39. The van der Waals surface area contributed by atoms with E-state index < -0.39 is 0 Å². The molecule has 0 radical (unpaired) electrons. The summed E-state index contributed by atoms with van der Waals surface area (Å²) in [6, 6.07) is 0.415. The van der Waals surface area contributed by atoms with Gasteiger partial charge in [0.25, 0.3) is 0 Å². The fourth-order valence-electron chi connectivity index (χ4n) is 3.30. The summed E-state index contributed by atoms with van der Waals surface area (Å²) in [6.07, 6.45) is 4.34. The third-order valence-corrected chi connectivity index (χ3v) is 4.57. The van der Waals surface area contributed by atoms with Crippen LogP contribution in [0.25, 0.3) is 0 Å². The molecule has 4 nitrogen and oxygen atoms in total. The molecule has 0 saturated carbocycles. The third kappa shape index (κ3) is 4.42. The van der Waals surface area contributed by atoms with Crippen LogP contribution in [0.4, 0.5) is 0 Å². The lowest BCUT2D eigenvalue weighted by Crippen LogP contribution is -2.50. The number of nitrogens with one attached hydrogen (secondary N) is 1. The van der Waals surface area contributed by atoms with E-state index in [1.54, 1.807) is 0 Å². The molecule has 4 heteroatoms. The molecule has 2 atom stereocenters. The topological polar surface area (TPSA) is 39.7 Å². The molecule has 2 aliphatic rings. The summed E-state index contributed by atoms with van der Waals surface area (Å²) in [5.41, 5.74) is -0.00533. The zero-order valence-electron chi connectivity index (χ0n) is 13.5. The molecule has 0 aromatic heterocycles. The molecule has 2 fully saturated rings. The Bertz CT molecular complexity index is 289. The lowest BCUT2D eigenvalue weighted by molar-refractivity contribution is -0.153. The van der Waals surface area contributed by atoms with Crippen molar-refractivity contribution in [2.24, 2.45) is 5.92 Å². The van der Waals surface area contributed by atoms with Crippen molar-refractivity contribution in [1.82, 2.24) is 5.32 Å². The number of rotatable bonds is 4. The molecular formula is C16H31NO3. The van der Waals surface area contributed by atoms with Gasteiger partial charge in [-0.05, 0) is 59.4 Å². The molecule has 1 spiro atoms. The van der Waals surface area contributed by atoms with Gasteiger partial charge in [-0.1, -0.05) is 0 Å². The minimum atomic E-state index is -0.0728. The molecule has 0 aromatic rings. The average molecular weight is 285 g/mol. The highest BCUT2D eigenvalue weighted by Crippen LogP contribution is 2.38. The van der Waals surface area contributed by atoms with E-state index in [-0.39, 0.29) is 11.2 Å². The first kappa shape index (κ1) is 16.2. The smallest absolute Gasteiger partial charge is 0.0729 e. The summed E-state index contributed by atoms with van der Waals surface area (Å²) < 4.78 is 17.6. The van der Waals surface area contributed by atoms with Crippen molar-refractivity contribution in [1.29, 1.82) is 0 Å². The van der Waals surface area contributed by atoms with Crippen LogP contribution >= 0.6 is 0 Å². The first-order valence-electron chi connectivity index (χ1n) is 7.97. The Morgan fingerprint density at radius 1 is 1.25 bits per heavy atom. The highest BCUT2D eigenvalue weighted by Gasteiger charge is 2.41. The van der Waals surface area contributed by atoms with Crippen molar-refractivity contribution >= 4 is 0 Å². The van der Waals surface area contributed by atoms with Crippen LogP contribution in [-0.4, -0.2) is 50.7 Å². The predicted octanol–water partition coefficient (Wildman–Crippen LogP) is 2.37. The molecule has 0 bridgehead atoms. The van der Waals surface area contributed by atoms with Gasteiger partial charge in [-0.15, -0.1) is 0 Å². The van der Waals surface area contributed by atoms with Gasteiger partial charge in [0, 0.05) is 25.9 Å². The molecule has 1 N–H and O–H groups in total. The molecule has 118 valence electrons. The monoisotopic (exact) mass is 285 g/mol. The maximum Gasteiger partial charge on any atom is 0.0729 e. The Hall–Kier alpha value is -0.160. The second-order valence-corrected chi connectivity index (χ2v) is 7.22. The number of likely N-dealkylation sites (N-methyl/N-ethyl adjacent to an activating group) is 1. The summed E-state index contributed by atoms with van der Waals surface area (Å²) in [6.45, 7) is 9.68. The molecule has 20 heavy (non-hydrogen) atoms. The van der Waals surface area contributed by atoms with Crippen LogP contribution in [0.15, 0.2) is 0 Å². The van der Waals surface area contributed by atoms with E-state index in [1.165, 1.54) is 0 Å². The Kier molecular flexibility index (Phi) is 5.46. The van der Waals surface area contributed by atoms with Crippen molar-refractivity contribution in [3.05, 3.63) is 0 Å². The van der Waals surface area contributed by atoms with Crippen molar-refractivity contribution in [2.75, 3.05) is 33.5 Å². The molecule has 2 rings (SSSR count). The number of ether oxygens (including phenoxy) is 3. The summed E-state index contributed by atoms with van der Waals surface area (Å²) in [5, 5.41) is 3.45. The standard InChI is InChI=1S/C16H31NO3/c1-15(2,3)20-12-14(17-4)13-5-8-19-16(11-13)6-9-18-10-7-16/h13-14,17H,5-12H2,1-4H3. The summed E-state index contributed by atoms with van der Waals surface area (Å²) in [4.78, 5) is 0. The van der Waals surface area contributed by atoms with Gasteiger partial charge in [-0.3, -0.25) is 0 Å². The van der Waals surface area contributed by atoms with E-state index in [4.69, 9.17) is 14.2 Å². The fraction of sp³-hybridized carbons (Fsp3) is 1.00. The van der Waals surface area contributed by atoms with Gasteiger partial charge in [0.2, 0.25) is 0 Å². The Morgan fingerprint density at radius 3 is 2.55 bits per heavy atom. The SMILES string of the molecule is CNC(COC(C)(C)C)C1CCOC2(CCOCC2)C1. The molecule has 2 saturated heterocycles. The van der Waals surface area contributed by atoms with Crippen LogP contribution in [-0.2, 0) is 14.2 Å². The third-order valence-electron chi connectivity index (χ3n) is 4.57. The number of hydrogen-bond acceptors (Lipinski definition) is 4. The molecule has 0 aromatic carbocycles. The van der Waals surface area contributed by atoms with Gasteiger partial charge in [-0.25, -0.2) is 0 Å². The van der Waals surface area contributed by atoms with Crippen molar-refractivity contribution in [3.8, 4) is 0 Å². The first-order chi connectivity index (χ1) is 9.44. The van der Waals surface area contributed by atoms with Crippen molar-refractivity contribution in [3.63, 3.8) is 0 Å². The molecule has 2 heterocycles. The second-order valence-electron chi connectivity index (χ2n) is 7.22. The van der Waals surface area contributed by atoms with Gasteiger partial charge in [0.05, 0.1) is 17.8 Å².